The van der Waals surface area contributed by atoms with Gasteiger partial charge in [-0.25, -0.2) is 0 Å². The molecule has 1 aliphatic rings. The van der Waals surface area contributed by atoms with E-state index in [9.17, 15) is 0 Å². The van der Waals surface area contributed by atoms with Crippen LogP contribution in [0.5, 0.6) is 0 Å². The average molecular weight is 208 g/mol. The van der Waals surface area contributed by atoms with Crippen molar-refractivity contribution in [3.05, 3.63) is 6.42 Å². The first-order chi connectivity index (χ1) is 6.76. The highest BCUT2D eigenvalue weighted by atomic mass is 28.3. The molecule has 0 aliphatic carbocycles. The highest BCUT2D eigenvalue weighted by Crippen LogP contribution is 2.18. The van der Waals surface area contributed by atoms with Gasteiger partial charge in [0.15, 0.2) is 0 Å². The molecule has 1 nitrogen and oxygen atoms in total. The van der Waals surface area contributed by atoms with Crippen molar-refractivity contribution in [2.45, 2.75) is 51.4 Å². The predicted molar refractivity (Wildman–Crippen MR) is 65.7 cm³/mol. The molecule has 1 saturated heterocycles. The minimum atomic E-state index is -1.19. The van der Waals surface area contributed by atoms with Crippen LogP contribution in [0.1, 0.15) is 27.2 Å². The van der Waals surface area contributed by atoms with Crippen molar-refractivity contribution in [3.63, 3.8) is 0 Å². The summed E-state index contributed by atoms with van der Waals surface area (Å²) >= 11 is 0. The van der Waals surface area contributed by atoms with E-state index in [-0.39, 0.29) is 0 Å². The van der Waals surface area contributed by atoms with Gasteiger partial charge in [0.1, 0.15) is 8.07 Å². The smallest absolute Gasteiger partial charge is 0.137 e. The maximum absolute atomic E-state index is 3.57. The second-order valence-electron chi connectivity index (χ2n) is 4.13. The third-order valence-corrected chi connectivity index (χ3v) is 8.25. The molecule has 0 aromatic rings. The van der Waals surface area contributed by atoms with E-state index in [1.54, 1.807) is 0 Å². The van der Waals surface area contributed by atoms with Gasteiger partial charge in [-0.2, -0.15) is 0 Å². The highest BCUT2D eigenvalue weighted by molar-refractivity contribution is 6.87. The summed E-state index contributed by atoms with van der Waals surface area (Å²) in [4.78, 5) is 0. The largest absolute Gasteiger partial charge is 0.313 e. The van der Waals surface area contributed by atoms with Gasteiger partial charge in [0.2, 0.25) is 0 Å². The van der Waals surface area contributed by atoms with Crippen LogP contribution in [0.2, 0.25) is 18.1 Å². The maximum Gasteiger partial charge on any atom is 0.137 e. The van der Waals surface area contributed by atoms with Crippen LogP contribution in [0.15, 0.2) is 0 Å². The van der Waals surface area contributed by atoms with Crippen molar-refractivity contribution >= 4 is 8.07 Å². The zero-order valence-corrected chi connectivity index (χ0v) is 10.7. The van der Waals surface area contributed by atoms with Gasteiger partial charge in [-0.05, 0) is 31.1 Å². The Morgan fingerprint density at radius 3 is 2.21 bits per heavy atom. The van der Waals surface area contributed by atoms with Crippen molar-refractivity contribution in [2.75, 3.05) is 6.54 Å². The van der Waals surface area contributed by atoms with E-state index in [4.69, 9.17) is 0 Å². The Kier molecular flexibility index (Phi) is 4.70. The monoisotopic (exact) mass is 208 g/mol. The molecule has 1 atom stereocenters. The van der Waals surface area contributed by atoms with Crippen LogP contribution in [0.4, 0.5) is 0 Å². The molecule has 0 aromatic carbocycles. The van der Waals surface area contributed by atoms with Gasteiger partial charge < -0.3 is 5.32 Å². The molecule has 14 heavy (non-hydrogen) atoms. The fourth-order valence-corrected chi connectivity index (χ4v) is 4.18. The lowest BCUT2D eigenvalue weighted by molar-refractivity contribution is 0.422. The van der Waals surface area contributed by atoms with Crippen LogP contribution in [0.3, 0.4) is 0 Å². The quantitative estimate of drug-likeness (QED) is 0.553. The Labute approximate surface area is 89.7 Å². The molecule has 1 fully saturated rings. The number of rotatable bonds is 4. The summed E-state index contributed by atoms with van der Waals surface area (Å²) in [6, 6.07) is 4.50. The number of hydrogen-bond donors (Lipinski definition) is 1. The topological polar surface area (TPSA) is 12.0 Å². The standard InChI is InChI=1S/C12H22NSi/c1-4-14(5-2,6-3)11-7-8-12-9-10-13-12/h8,12-13H,4-6,9-10H2,1-3H3. The molecule has 1 aliphatic heterocycles. The summed E-state index contributed by atoms with van der Waals surface area (Å²) in [7, 11) is -1.19. The summed E-state index contributed by atoms with van der Waals surface area (Å²) in [5.74, 6) is 3.31. The van der Waals surface area contributed by atoms with Gasteiger partial charge >= 0.3 is 0 Å². The Morgan fingerprint density at radius 2 is 1.86 bits per heavy atom. The van der Waals surface area contributed by atoms with E-state index in [2.05, 4.69) is 44.0 Å². The third-order valence-electron chi connectivity index (χ3n) is 3.51. The number of hydrogen-bond acceptors (Lipinski definition) is 1. The Balaban J connectivity index is 2.43. The molecule has 2 heteroatoms. The second-order valence-corrected chi connectivity index (χ2v) is 9.06. The van der Waals surface area contributed by atoms with Gasteiger partial charge in [0, 0.05) is 6.04 Å². The Morgan fingerprint density at radius 1 is 1.29 bits per heavy atom. The fraction of sp³-hybridized carbons (Fsp3) is 0.750. The number of nitrogens with one attached hydrogen (secondary N) is 1. The highest BCUT2D eigenvalue weighted by Gasteiger charge is 2.24. The molecule has 0 bridgehead atoms. The van der Waals surface area contributed by atoms with Crippen LogP contribution >= 0.6 is 0 Å². The average Bonchev–Trinajstić information content (AvgIpc) is 2.17. The van der Waals surface area contributed by atoms with Crippen LogP contribution in [0.25, 0.3) is 0 Å². The second kappa shape index (κ2) is 5.58. The molecule has 1 heterocycles. The molecule has 79 valence electrons. The lowest BCUT2D eigenvalue weighted by Crippen LogP contribution is -2.42. The van der Waals surface area contributed by atoms with Crippen molar-refractivity contribution in [3.8, 4) is 11.5 Å². The lowest BCUT2D eigenvalue weighted by Gasteiger charge is -2.25. The van der Waals surface area contributed by atoms with Crippen LogP contribution in [-0.4, -0.2) is 20.7 Å². The van der Waals surface area contributed by atoms with E-state index in [1.807, 2.05) is 0 Å². The summed E-state index contributed by atoms with van der Waals surface area (Å²) in [5.41, 5.74) is 3.57. The molecular weight excluding hydrogens is 186 g/mol. The van der Waals surface area contributed by atoms with Gasteiger partial charge in [-0.3, -0.25) is 0 Å². The summed E-state index contributed by atoms with van der Waals surface area (Å²) < 4.78 is 0. The van der Waals surface area contributed by atoms with Crippen LogP contribution < -0.4 is 5.32 Å². The molecule has 1 rings (SSSR count). The molecule has 1 N–H and O–H groups in total. The zero-order valence-electron chi connectivity index (χ0n) is 9.69. The summed E-state index contributed by atoms with van der Waals surface area (Å²) in [6.45, 7) is 8.07. The van der Waals surface area contributed by atoms with Crippen molar-refractivity contribution in [2.24, 2.45) is 0 Å². The summed E-state index contributed by atoms with van der Waals surface area (Å²) in [5, 5.41) is 3.34. The Bertz CT molecular complexity index is 210. The molecule has 0 amide bonds. The first kappa shape index (κ1) is 11.8. The minimum absolute atomic E-state index is 0.583. The van der Waals surface area contributed by atoms with E-state index in [0.29, 0.717) is 6.04 Å². The predicted octanol–water partition coefficient (Wildman–Crippen LogP) is 2.60. The van der Waals surface area contributed by atoms with Crippen LogP contribution in [-0.2, 0) is 0 Å². The van der Waals surface area contributed by atoms with Gasteiger partial charge in [-0.1, -0.05) is 20.8 Å². The lowest BCUT2D eigenvalue weighted by atomic mass is 10.1. The third kappa shape index (κ3) is 2.86. The van der Waals surface area contributed by atoms with Crippen molar-refractivity contribution in [1.29, 1.82) is 0 Å². The molecule has 1 radical (unpaired) electrons. The Hall–Kier alpha value is -0.263. The van der Waals surface area contributed by atoms with E-state index in [0.717, 1.165) is 0 Å². The fourth-order valence-electron chi connectivity index (χ4n) is 1.76. The van der Waals surface area contributed by atoms with Crippen molar-refractivity contribution in [1.82, 2.24) is 5.32 Å². The minimum Gasteiger partial charge on any atom is -0.313 e. The van der Waals surface area contributed by atoms with E-state index >= 15 is 0 Å². The zero-order chi connectivity index (χ0) is 10.4. The molecular formula is C12H22NSi. The van der Waals surface area contributed by atoms with Gasteiger partial charge in [-0.15, -0.1) is 11.5 Å². The van der Waals surface area contributed by atoms with Crippen LogP contribution in [0, 0.1) is 17.9 Å². The molecule has 0 aromatic heterocycles. The van der Waals surface area contributed by atoms with Gasteiger partial charge in [0.25, 0.3) is 0 Å². The SMILES string of the molecule is CC[Si](C#C[CH]C1CCN1)(CC)CC. The van der Waals surface area contributed by atoms with Gasteiger partial charge in [0.05, 0.1) is 6.42 Å². The molecule has 0 saturated carbocycles. The van der Waals surface area contributed by atoms with E-state index in [1.165, 1.54) is 31.1 Å². The molecule has 0 spiro atoms. The summed E-state index contributed by atoms with van der Waals surface area (Å²) in [6.07, 6.45) is 3.43. The normalized spacial score (nSPS) is 20.9. The first-order valence-electron chi connectivity index (χ1n) is 5.85. The van der Waals surface area contributed by atoms with E-state index < -0.39 is 8.07 Å². The first-order valence-corrected chi connectivity index (χ1v) is 8.48. The molecule has 1 unspecified atom stereocenters. The maximum atomic E-state index is 3.57. The van der Waals surface area contributed by atoms with Crippen molar-refractivity contribution < 1.29 is 0 Å².